The third-order valence-electron chi connectivity index (χ3n) is 4.98. The van der Waals surface area contributed by atoms with Gasteiger partial charge in [0.15, 0.2) is 0 Å². The average Bonchev–Trinajstić information content (AvgIpc) is 2.65. The van der Waals surface area contributed by atoms with Crippen LogP contribution in [-0.2, 0) is 11.3 Å². The second-order valence-electron chi connectivity index (χ2n) is 6.96. The molecule has 2 heterocycles. The van der Waals surface area contributed by atoms with Crippen molar-refractivity contribution in [3.8, 4) is 11.3 Å². The second kappa shape index (κ2) is 7.18. The Balaban J connectivity index is 1.59. The predicted molar refractivity (Wildman–Crippen MR) is 108 cm³/mol. The van der Waals surface area contributed by atoms with Gasteiger partial charge in [-0.1, -0.05) is 41.9 Å². The number of nitrogens with zero attached hydrogens (tertiary/aromatic N) is 2. The molecule has 4 rings (SSSR count). The van der Waals surface area contributed by atoms with E-state index in [1.165, 1.54) is 0 Å². The third-order valence-corrected chi connectivity index (χ3v) is 5.31. The maximum absolute atomic E-state index is 12.4. The quantitative estimate of drug-likeness (QED) is 0.758. The van der Waals surface area contributed by atoms with E-state index in [0.29, 0.717) is 23.5 Å². The molecule has 0 spiro atoms. The lowest BCUT2D eigenvalue weighted by atomic mass is 10.1. The normalized spacial score (nSPS) is 15.5. The number of pyridine rings is 1. The van der Waals surface area contributed by atoms with Gasteiger partial charge >= 0.3 is 0 Å². The molecule has 1 aromatic heterocycles. The minimum Gasteiger partial charge on any atom is -0.336 e. The summed E-state index contributed by atoms with van der Waals surface area (Å²) in [5.41, 5.74) is 2.54. The number of hydrogen-bond donors (Lipinski definition) is 1. The Morgan fingerprint density at radius 3 is 2.56 bits per heavy atom. The Kier molecular flexibility index (Phi) is 4.72. The van der Waals surface area contributed by atoms with E-state index >= 15 is 0 Å². The van der Waals surface area contributed by atoms with Gasteiger partial charge in [0.05, 0.1) is 6.54 Å². The zero-order chi connectivity index (χ0) is 19.0. The molecule has 5 nitrogen and oxygen atoms in total. The number of piperazine rings is 1. The molecular formula is C21H20ClN3O2. The van der Waals surface area contributed by atoms with Crippen LogP contribution < -0.4 is 5.56 Å². The fraction of sp³-hybridized carbons (Fsp3) is 0.238. The van der Waals surface area contributed by atoms with E-state index in [2.05, 4.69) is 4.98 Å². The summed E-state index contributed by atoms with van der Waals surface area (Å²) in [6, 6.07) is 15.1. The fourth-order valence-corrected chi connectivity index (χ4v) is 3.64. The summed E-state index contributed by atoms with van der Waals surface area (Å²) < 4.78 is 0. The molecule has 6 heteroatoms. The monoisotopic (exact) mass is 381 g/mol. The van der Waals surface area contributed by atoms with E-state index in [4.69, 9.17) is 11.6 Å². The Hall–Kier alpha value is -2.63. The van der Waals surface area contributed by atoms with Crippen LogP contribution in [0, 0.1) is 0 Å². The van der Waals surface area contributed by atoms with Gasteiger partial charge in [-0.2, -0.15) is 0 Å². The second-order valence-corrected chi connectivity index (χ2v) is 7.37. The van der Waals surface area contributed by atoms with Gasteiger partial charge in [0.25, 0.3) is 5.56 Å². The molecule has 3 aromatic rings. The summed E-state index contributed by atoms with van der Waals surface area (Å²) >= 11 is 6.25. The average molecular weight is 382 g/mol. The van der Waals surface area contributed by atoms with Gasteiger partial charge in [-0.3, -0.25) is 14.5 Å². The van der Waals surface area contributed by atoms with E-state index in [0.717, 1.165) is 35.3 Å². The first-order chi connectivity index (χ1) is 13.0. The van der Waals surface area contributed by atoms with Crippen LogP contribution >= 0.6 is 11.6 Å². The number of aromatic nitrogens is 1. The molecule has 1 amide bonds. The van der Waals surface area contributed by atoms with Crippen molar-refractivity contribution in [1.29, 1.82) is 0 Å². The zero-order valence-corrected chi connectivity index (χ0v) is 15.8. The van der Waals surface area contributed by atoms with E-state index < -0.39 is 0 Å². The molecule has 0 atom stereocenters. The molecule has 1 fully saturated rings. The van der Waals surface area contributed by atoms with Gasteiger partial charge in [0.1, 0.15) is 0 Å². The SMILES string of the molecule is CN1CCN(Cc2ccc(-c3cc4c(Cl)cccc4c(=O)[nH]3)cc2)C(=O)C1. The summed E-state index contributed by atoms with van der Waals surface area (Å²) in [6.45, 7) is 2.71. The maximum atomic E-state index is 12.4. The van der Waals surface area contributed by atoms with Gasteiger partial charge in [-0.25, -0.2) is 0 Å². The van der Waals surface area contributed by atoms with Crippen molar-refractivity contribution in [1.82, 2.24) is 14.8 Å². The highest BCUT2D eigenvalue weighted by molar-refractivity contribution is 6.35. The number of aromatic amines is 1. The van der Waals surface area contributed by atoms with Crippen LogP contribution in [0.5, 0.6) is 0 Å². The number of rotatable bonds is 3. The van der Waals surface area contributed by atoms with E-state index in [-0.39, 0.29) is 11.5 Å². The van der Waals surface area contributed by atoms with Crippen LogP contribution in [0.4, 0.5) is 0 Å². The molecule has 1 saturated heterocycles. The summed E-state index contributed by atoms with van der Waals surface area (Å²) in [6.07, 6.45) is 0. The molecule has 0 radical (unpaired) electrons. The van der Waals surface area contributed by atoms with Crippen molar-refractivity contribution in [3.05, 3.63) is 69.5 Å². The molecule has 0 unspecified atom stereocenters. The largest absolute Gasteiger partial charge is 0.336 e. The molecule has 1 aliphatic rings. The smallest absolute Gasteiger partial charge is 0.256 e. The van der Waals surface area contributed by atoms with Crippen molar-refractivity contribution in [2.45, 2.75) is 6.54 Å². The van der Waals surface area contributed by atoms with Crippen LogP contribution in [0.3, 0.4) is 0 Å². The van der Waals surface area contributed by atoms with Crippen molar-refractivity contribution in [3.63, 3.8) is 0 Å². The van der Waals surface area contributed by atoms with Crippen LogP contribution in [-0.4, -0.2) is 47.4 Å². The van der Waals surface area contributed by atoms with Crippen molar-refractivity contribution < 1.29 is 4.79 Å². The summed E-state index contributed by atoms with van der Waals surface area (Å²) in [5, 5.41) is 1.88. The first-order valence-corrected chi connectivity index (χ1v) is 9.26. The highest BCUT2D eigenvalue weighted by atomic mass is 35.5. The van der Waals surface area contributed by atoms with Crippen LogP contribution in [0.25, 0.3) is 22.0 Å². The van der Waals surface area contributed by atoms with Gasteiger partial charge in [0.2, 0.25) is 5.91 Å². The molecular weight excluding hydrogens is 362 g/mol. The molecule has 138 valence electrons. The fourth-order valence-electron chi connectivity index (χ4n) is 3.41. The summed E-state index contributed by atoms with van der Waals surface area (Å²) in [7, 11) is 1.96. The van der Waals surface area contributed by atoms with E-state index in [9.17, 15) is 9.59 Å². The number of hydrogen-bond acceptors (Lipinski definition) is 3. The van der Waals surface area contributed by atoms with Gasteiger partial charge < -0.3 is 9.88 Å². The van der Waals surface area contributed by atoms with Crippen LogP contribution in [0.2, 0.25) is 5.02 Å². The minimum absolute atomic E-state index is 0.154. The molecule has 1 aliphatic heterocycles. The standard InChI is InChI=1S/C21H20ClN3O2/c1-24-9-10-25(20(26)13-24)12-14-5-7-15(8-6-14)19-11-17-16(21(27)23-19)3-2-4-18(17)22/h2-8,11H,9-10,12-13H2,1H3,(H,23,27). The molecule has 0 aliphatic carbocycles. The highest BCUT2D eigenvalue weighted by Crippen LogP contribution is 2.25. The van der Waals surface area contributed by atoms with Crippen molar-refractivity contribution >= 4 is 28.3 Å². The minimum atomic E-state index is -0.155. The lowest BCUT2D eigenvalue weighted by Crippen LogP contribution is -2.48. The molecule has 1 N–H and O–H groups in total. The third kappa shape index (κ3) is 3.61. The van der Waals surface area contributed by atoms with Gasteiger partial charge in [0, 0.05) is 41.1 Å². The summed E-state index contributed by atoms with van der Waals surface area (Å²) in [5.74, 6) is 0.154. The first-order valence-electron chi connectivity index (χ1n) is 8.88. The zero-order valence-electron chi connectivity index (χ0n) is 15.0. The van der Waals surface area contributed by atoms with Crippen molar-refractivity contribution in [2.24, 2.45) is 0 Å². The molecule has 27 heavy (non-hydrogen) atoms. The number of likely N-dealkylation sites (N-methyl/N-ethyl adjacent to an activating group) is 1. The number of benzene rings is 2. The predicted octanol–water partition coefficient (Wildman–Crippen LogP) is 3.12. The van der Waals surface area contributed by atoms with Crippen molar-refractivity contribution in [2.75, 3.05) is 26.7 Å². The number of H-pyrrole nitrogens is 1. The lowest BCUT2D eigenvalue weighted by molar-refractivity contribution is -0.136. The number of amides is 1. The Morgan fingerprint density at radius 1 is 1.04 bits per heavy atom. The molecule has 2 aromatic carbocycles. The van der Waals surface area contributed by atoms with Crippen LogP contribution in [0.15, 0.2) is 53.3 Å². The number of halogens is 1. The highest BCUT2D eigenvalue weighted by Gasteiger charge is 2.21. The van der Waals surface area contributed by atoms with Gasteiger partial charge in [-0.05, 0) is 36.4 Å². The molecule has 0 bridgehead atoms. The Labute approximate surface area is 162 Å². The number of carbonyl (C=O) groups excluding carboxylic acids is 1. The Bertz CT molecular complexity index is 1060. The summed E-state index contributed by atoms with van der Waals surface area (Å²) in [4.78, 5) is 31.3. The van der Waals surface area contributed by atoms with Gasteiger partial charge in [-0.15, -0.1) is 0 Å². The number of nitrogens with one attached hydrogen (secondary N) is 1. The molecule has 0 saturated carbocycles. The van der Waals surface area contributed by atoms with Crippen LogP contribution in [0.1, 0.15) is 5.56 Å². The Morgan fingerprint density at radius 2 is 1.81 bits per heavy atom. The number of fused-ring (bicyclic) bond motifs is 1. The first kappa shape index (κ1) is 17.8. The van der Waals surface area contributed by atoms with E-state index in [1.807, 2.05) is 47.2 Å². The topological polar surface area (TPSA) is 56.4 Å². The number of carbonyl (C=O) groups is 1. The maximum Gasteiger partial charge on any atom is 0.256 e. The van der Waals surface area contributed by atoms with E-state index in [1.54, 1.807) is 18.2 Å². The lowest BCUT2D eigenvalue weighted by Gasteiger charge is -2.32.